The first-order valence-corrected chi connectivity index (χ1v) is 8.90. The van der Waals surface area contributed by atoms with Crippen LogP contribution in [0.2, 0.25) is 0 Å². The van der Waals surface area contributed by atoms with Gasteiger partial charge in [0.15, 0.2) is 0 Å². The van der Waals surface area contributed by atoms with E-state index in [9.17, 15) is 9.59 Å². The van der Waals surface area contributed by atoms with Crippen molar-refractivity contribution in [2.24, 2.45) is 5.92 Å². The van der Waals surface area contributed by atoms with Crippen LogP contribution in [0, 0.1) is 5.92 Å². The van der Waals surface area contributed by atoms with E-state index in [0.29, 0.717) is 6.54 Å². The van der Waals surface area contributed by atoms with Crippen LogP contribution in [0.1, 0.15) is 31.4 Å². The highest BCUT2D eigenvalue weighted by Gasteiger charge is 2.35. The van der Waals surface area contributed by atoms with E-state index in [0.717, 1.165) is 29.8 Å². The summed E-state index contributed by atoms with van der Waals surface area (Å²) in [6.07, 6.45) is 2.09. The second kappa shape index (κ2) is 7.51. The number of aryl methyl sites for hydroxylation is 2. The zero-order valence-electron chi connectivity index (χ0n) is 14.8. The average Bonchev–Trinajstić information content (AvgIpc) is 3.04. The highest BCUT2D eigenvalue weighted by atomic mass is 16.2. The Morgan fingerprint density at radius 1 is 1.08 bits per heavy atom. The lowest BCUT2D eigenvalue weighted by molar-refractivity contribution is -0.122. The van der Waals surface area contributed by atoms with Gasteiger partial charge in [0.1, 0.15) is 0 Å². The van der Waals surface area contributed by atoms with Gasteiger partial charge < -0.3 is 10.2 Å². The largest absolute Gasteiger partial charge is 0.326 e. The van der Waals surface area contributed by atoms with Crippen LogP contribution in [0.3, 0.4) is 0 Å². The fourth-order valence-corrected chi connectivity index (χ4v) is 3.23. The normalized spacial score (nSPS) is 17.0. The fourth-order valence-electron chi connectivity index (χ4n) is 3.23. The Labute approximate surface area is 148 Å². The Hall–Kier alpha value is -2.62. The summed E-state index contributed by atoms with van der Waals surface area (Å²) in [5.41, 5.74) is 4.05. The highest BCUT2D eigenvalue weighted by Crippen LogP contribution is 2.27. The van der Waals surface area contributed by atoms with Gasteiger partial charge in [-0.05, 0) is 42.2 Å². The molecule has 0 radical (unpaired) electrons. The monoisotopic (exact) mass is 336 g/mol. The van der Waals surface area contributed by atoms with Crippen molar-refractivity contribution in [1.82, 2.24) is 0 Å². The summed E-state index contributed by atoms with van der Waals surface area (Å²) < 4.78 is 0. The van der Waals surface area contributed by atoms with Gasteiger partial charge in [0.2, 0.25) is 11.8 Å². The van der Waals surface area contributed by atoms with Gasteiger partial charge in [-0.3, -0.25) is 9.59 Å². The molecule has 130 valence electrons. The molecule has 1 atom stereocenters. The Kier molecular flexibility index (Phi) is 5.17. The van der Waals surface area contributed by atoms with Crippen LogP contribution in [0.25, 0.3) is 0 Å². The zero-order valence-corrected chi connectivity index (χ0v) is 14.8. The number of amides is 2. The molecule has 0 aliphatic carbocycles. The molecule has 0 spiro atoms. The minimum atomic E-state index is -0.316. The van der Waals surface area contributed by atoms with Gasteiger partial charge in [-0.25, -0.2) is 0 Å². The highest BCUT2D eigenvalue weighted by molar-refractivity contribution is 6.03. The average molecular weight is 336 g/mol. The van der Waals surface area contributed by atoms with Gasteiger partial charge >= 0.3 is 0 Å². The first-order chi connectivity index (χ1) is 12.1. The number of hydrogen-bond acceptors (Lipinski definition) is 2. The third-order valence-corrected chi connectivity index (χ3v) is 4.81. The van der Waals surface area contributed by atoms with Gasteiger partial charge in [0.05, 0.1) is 5.92 Å². The van der Waals surface area contributed by atoms with Crippen LogP contribution in [-0.2, 0) is 22.4 Å². The Balaban J connectivity index is 1.70. The molecule has 0 saturated carbocycles. The summed E-state index contributed by atoms with van der Waals surface area (Å²) in [5, 5.41) is 3.00. The topological polar surface area (TPSA) is 49.4 Å². The number of para-hydroxylation sites is 1. The predicted octanol–water partition coefficient (Wildman–Crippen LogP) is 3.80. The van der Waals surface area contributed by atoms with Crippen molar-refractivity contribution in [3.05, 3.63) is 59.7 Å². The molecule has 1 fully saturated rings. The zero-order chi connectivity index (χ0) is 17.8. The number of hydrogen-bond donors (Lipinski definition) is 1. The van der Waals surface area contributed by atoms with Crippen LogP contribution in [0.15, 0.2) is 48.5 Å². The molecule has 2 aromatic rings. The summed E-state index contributed by atoms with van der Waals surface area (Å²) in [7, 11) is 0. The van der Waals surface area contributed by atoms with E-state index >= 15 is 0 Å². The first kappa shape index (κ1) is 17.2. The number of nitrogens with one attached hydrogen (secondary N) is 1. The molecular formula is C21H24N2O2. The van der Waals surface area contributed by atoms with Crippen LogP contribution >= 0.6 is 0 Å². The number of rotatable bonds is 5. The van der Waals surface area contributed by atoms with Crippen molar-refractivity contribution in [2.45, 2.75) is 33.1 Å². The van der Waals surface area contributed by atoms with Crippen molar-refractivity contribution in [2.75, 3.05) is 16.8 Å². The molecule has 25 heavy (non-hydrogen) atoms. The van der Waals surface area contributed by atoms with Crippen LogP contribution in [-0.4, -0.2) is 18.4 Å². The molecule has 0 bridgehead atoms. The second-order valence-electron chi connectivity index (χ2n) is 6.43. The number of carbonyl (C=O) groups excluding carboxylic acids is 2. The summed E-state index contributed by atoms with van der Waals surface area (Å²) in [5.74, 6) is -0.390. The quantitative estimate of drug-likeness (QED) is 0.903. The summed E-state index contributed by atoms with van der Waals surface area (Å²) in [6, 6.07) is 15.8. The molecule has 4 nitrogen and oxygen atoms in total. The van der Waals surface area contributed by atoms with E-state index < -0.39 is 0 Å². The molecule has 0 unspecified atom stereocenters. The summed E-state index contributed by atoms with van der Waals surface area (Å²) in [4.78, 5) is 26.7. The van der Waals surface area contributed by atoms with E-state index in [1.54, 1.807) is 4.90 Å². The maximum absolute atomic E-state index is 12.6. The third kappa shape index (κ3) is 3.73. The van der Waals surface area contributed by atoms with Crippen molar-refractivity contribution in [3.63, 3.8) is 0 Å². The minimum Gasteiger partial charge on any atom is -0.326 e. The van der Waals surface area contributed by atoms with Crippen molar-refractivity contribution >= 4 is 23.2 Å². The molecule has 1 saturated heterocycles. The third-order valence-electron chi connectivity index (χ3n) is 4.81. The molecule has 2 amide bonds. The van der Waals surface area contributed by atoms with Crippen LogP contribution in [0.5, 0.6) is 0 Å². The van der Waals surface area contributed by atoms with Crippen molar-refractivity contribution in [3.8, 4) is 0 Å². The van der Waals surface area contributed by atoms with E-state index in [2.05, 4.69) is 19.2 Å². The Bertz CT molecular complexity index is 768. The summed E-state index contributed by atoms with van der Waals surface area (Å²) >= 11 is 0. The molecular weight excluding hydrogens is 312 g/mol. The number of anilines is 2. The van der Waals surface area contributed by atoms with Crippen LogP contribution in [0.4, 0.5) is 11.4 Å². The SMILES string of the molecule is CCc1ccc(N2C[C@@H](C(=O)Nc3ccccc3CC)CC2=O)cc1. The van der Waals surface area contributed by atoms with Gasteiger partial charge in [-0.2, -0.15) is 0 Å². The van der Waals surface area contributed by atoms with Gasteiger partial charge in [0.25, 0.3) is 0 Å². The lowest BCUT2D eigenvalue weighted by Crippen LogP contribution is -2.28. The maximum Gasteiger partial charge on any atom is 0.229 e. The van der Waals surface area contributed by atoms with E-state index in [4.69, 9.17) is 0 Å². The maximum atomic E-state index is 12.6. The molecule has 1 heterocycles. The number of benzene rings is 2. The standard InChI is InChI=1S/C21H24N2O2/c1-3-15-9-11-18(12-10-15)23-14-17(13-20(23)24)21(25)22-19-8-6-5-7-16(19)4-2/h5-12,17H,3-4,13-14H2,1-2H3,(H,22,25)/t17-/m0/s1. The van der Waals surface area contributed by atoms with Gasteiger partial charge in [-0.15, -0.1) is 0 Å². The van der Waals surface area contributed by atoms with Crippen LogP contribution < -0.4 is 10.2 Å². The molecule has 1 aliphatic rings. The molecule has 1 N–H and O–H groups in total. The molecule has 1 aliphatic heterocycles. The van der Waals surface area contributed by atoms with E-state index in [1.807, 2.05) is 48.5 Å². The molecule has 2 aromatic carbocycles. The Morgan fingerprint density at radius 2 is 1.80 bits per heavy atom. The van der Waals surface area contributed by atoms with E-state index in [1.165, 1.54) is 5.56 Å². The second-order valence-corrected chi connectivity index (χ2v) is 6.43. The lowest BCUT2D eigenvalue weighted by Gasteiger charge is -2.17. The minimum absolute atomic E-state index is 0.00757. The lowest BCUT2D eigenvalue weighted by atomic mass is 10.1. The molecule has 4 heteroatoms. The van der Waals surface area contributed by atoms with E-state index in [-0.39, 0.29) is 24.2 Å². The number of nitrogens with zero attached hydrogens (tertiary/aromatic N) is 1. The van der Waals surface area contributed by atoms with Crippen molar-refractivity contribution < 1.29 is 9.59 Å². The van der Waals surface area contributed by atoms with Gasteiger partial charge in [-0.1, -0.05) is 44.2 Å². The number of carbonyl (C=O) groups is 2. The smallest absolute Gasteiger partial charge is 0.229 e. The van der Waals surface area contributed by atoms with Gasteiger partial charge in [0, 0.05) is 24.3 Å². The Morgan fingerprint density at radius 3 is 2.48 bits per heavy atom. The predicted molar refractivity (Wildman–Crippen MR) is 101 cm³/mol. The molecule has 3 rings (SSSR count). The first-order valence-electron chi connectivity index (χ1n) is 8.90. The fraction of sp³-hybridized carbons (Fsp3) is 0.333. The molecule has 0 aromatic heterocycles. The summed E-state index contributed by atoms with van der Waals surface area (Å²) in [6.45, 7) is 4.60. The van der Waals surface area contributed by atoms with Crippen molar-refractivity contribution in [1.29, 1.82) is 0 Å².